The maximum absolute atomic E-state index is 13.2. The highest BCUT2D eigenvalue weighted by Crippen LogP contribution is 2.23. The molecule has 0 atom stereocenters. The van der Waals surface area contributed by atoms with Gasteiger partial charge in [0.15, 0.2) is 0 Å². The average molecular weight is 283 g/mol. The van der Waals surface area contributed by atoms with Crippen molar-refractivity contribution in [3.63, 3.8) is 0 Å². The van der Waals surface area contributed by atoms with Crippen molar-refractivity contribution in [2.75, 3.05) is 11.5 Å². The summed E-state index contributed by atoms with van der Waals surface area (Å²) in [5, 5.41) is 0. The summed E-state index contributed by atoms with van der Waals surface area (Å²) in [5.74, 6) is 0.763. The number of nitrogens with two attached hydrogens (primary N) is 1. The molecule has 0 radical (unpaired) electrons. The van der Waals surface area contributed by atoms with Crippen LogP contribution in [0.4, 0.5) is 10.1 Å². The van der Waals surface area contributed by atoms with Crippen molar-refractivity contribution >= 4 is 17.4 Å². The van der Waals surface area contributed by atoms with Crippen molar-refractivity contribution in [3.8, 4) is 0 Å². The van der Waals surface area contributed by atoms with E-state index in [-0.39, 0.29) is 11.5 Å². The fourth-order valence-corrected chi connectivity index (χ4v) is 2.96. The number of rotatable bonds is 10. The molecule has 0 aromatic heterocycles. The van der Waals surface area contributed by atoms with Crippen LogP contribution in [0.5, 0.6) is 0 Å². The average Bonchev–Trinajstić information content (AvgIpc) is 2.41. The summed E-state index contributed by atoms with van der Waals surface area (Å²) in [4.78, 5) is 0.981. The molecule has 0 spiro atoms. The zero-order valence-electron chi connectivity index (χ0n) is 12.0. The van der Waals surface area contributed by atoms with Gasteiger partial charge in [-0.15, -0.1) is 11.8 Å². The van der Waals surface area contributed by atoms with E-state index < -0.39 is 0 Å². The summed E-state index contributed by atoms with van der Waals surface area (Å²) in [6.45, 7) is 2.25. The third kappa shape index (κ3) is 7.46. The summed E-state index contributed by atoms with van der Waals surface area (Å²) in [6, 6.07) is 5.07. The van der Waals surface area contributed by atoms with E-state index >= 15 is 0 Å². The van der Waals surface area contributed by atoms with Crippen LogP contribution in [-0.4, -0.2) is 5.75 Å². The standard InChI is InChI=1S/C16H26FNS/c1-2-3-4-5-6-7-8-9-12-19-14-10-11-16(18)15(17)13-14/h10-11,13H,2-9,12,18H2,1H3. The summed E-state index contributed by atoms with van der Waals surface area (Å²) in [7, 11) is 0. The number of unbranched alkanes of at least 4 members (excludes halogenated alkanes) is 7. The molecule has 1 aromatic carbocycles. The minimum absolute atomic E-state index is 0.233. The van der Waals surface area contributed by atoms with Crippen LogP contribution < -0.4 is 5.73 Å². The highest BCUT2D eigenvalue weighted by atomic mass is 32.2. The van der Waals surface area contributed by atoms with Gasteiger partial charge in [0.25, 0.3) is 0 Å². The first-order chi connectivity index (χ1) is 9.24. The number of hydrogen-bond acceptors (Lipinski definition) is 2. The van der Waals surface area contributed by atoms with Crippen LogP contribution in [0.3, 0.4) is 0 Å². The number of halogens is 1. The van der Waals surface area contributed by atoms with Gasteiger partial charge < -0.3 is 5.73 Å². The number of hydrogen-bond donors (Lipinski definition) is 1. The zero-order chi connectivity index (χ0) is 13.9. The molecule has 0 saturated carbocycles. The van der Waals surface area contributed by atoms with E-state index in [2.05, 4.69) is 6.92 Å². The van der Waals surface area contributed by atoms with Gasteiger partial charge in [0, 0.05) is 4.90 Å². The first kappa shape index (κ1) is 16.4. The van der Waals surface area contributed by atoms with Crippen LogP contribution in [0.25, 0.3) is 0 Å². The Balaban J connectivity index is 2.00. The van der Waals surface area contributed by atoms with Crippen LogP contribution in [0.1, 0.15) is 58.3 Å². The fourth-order valence-electron chi connectivity index (χ4n) is 2.02. The largest absolute Gasteiger partial charge is 0.396 e. The van der Waals surface area contributed by atoms with Crippen molar-refractivity contribution in [1.29, 1.82) is 0 Å². The first-order valence-corrected chi connectivity index (χ1v) is 8.40. The summed E-state index contributed by atoms with van der Waals surface area (Å²) < 4.78 is 13.2. The highest BCUT2D eigenvalue weighted by Gasteiger charge is 2.00. The molecule has 1 rings (SSSR count). The van der Waals surface area contributed by atoms with E-state index in [1.807, 2.05) is 6.07 Å². The fraction of sp³-hybridized carbons (Fsp3) is 0.625. The Hall–Kier alpha value is -0.700. The lowest BCUT2D eigenvalue weighted by Gasteiger charge is -2.04. The van der Waals surface area contributed by atoms with Gasteiger partial charge in [-0.3, -0.25) is 0 Å². The normalized spacial score (nSPS) is 10.8. The molecule has 1 nitrogen and oxygen atoms in total. The predicted octanol–water partition coefficient (Wildman–Crippen LogP) is 5.64. The van der Waals surface area contributed by atoms with Crippen LogP contribution >= 0.6 is 11.8 Å². The Kier molecular flexibility index (Phi) is 8.72. The molecule has 2 N–H and O–H groups in total. The minimum atomic E-state index is -0.305. The molecular formula is C16H26FNS. The maximum atomic E-state index is 13.2. The third-order valence-corrected chi connectivity index (χ3v) is 4.32. The molecule has 1 aromatic rings. The molecule has 0 heterocycles. The smallest absolute Gasteiger partial charge is 0.147 e. The molecule has 0 unspecified atom stereocenters. The van der Waals surface area contributed by atoms with Crippen molar-refractivity contribution in [2.45, 2.75) is 63.2 Å². The predicted molar refractivity (Wildman–Crippen MR) is 84.1 cm³/mol. The van der Waals surface area contributed by atoms with Crippen LogP contribution in [0.2, 0.25) is 0 Å². The summed E-state index contributed by atoms with van der Waals surface area (Å²) in [6.07, 6.45) is 10.6. The second-order valence-electron chi connectivity index (χ2n) is 5.01. The van der Waals surface area contributed by atoms with E-state index in [9.17, 15) is 4.39 Å². The van der Waals surface area contributed by atoms with Gasteiger partial charge in [-0.05, 0) is 30.4 Å². The molecule has 0 fully saturated rings. The minimum Gasteiger partial charge on any atom is -0.396 e. The Labute approximate surface area is 121 Å². The lowest BCUT2D eigenvalue weighted by atomic mass is 10.1. The molecular weight excluding hydrogens is 257 g/mol. The molecule has 108 valence electrons. The maximum Gasteiger partial charge on any atom is 0.147 e. The van der Waals surface area contributed by atoms with Crippen LogP contribution in [-0.2, 0) is 0 Å². The zero-order valence-corrected chi connectivity index (χ0v) is 12.8. The van der Waals surface area contributed by atoms with E-state index in [0.29, 0.717) is 0 Å². The van der Waals surface area contributed by atoms with Gasteiger partial charge in [-0.1, -0.05) is 51.9 Å². The van der Waals surface area contributed by atoms with Gasteiger partial charge in [0.1, 0.15) is 5.82 Å². The van der Waals surface area contributed by atoms with E-state index in [0.717, 1.165) is 10.6 Å². The van der Waals surface area contributed by atoms with Gasteiger partial charge in [-0.25, -0.2) is 4.39 Å². The van der Waals surface area contributed by atoms with Crippen LogP contribution in [0, 0.1) is 5.82 Å². The second kappa shape index (κ2) is 10.1. The van der Waals surface area contributed by atoms with E-state index in [1.54, 1.807) is 17.8 Å². The third-order valence-electron chi connectivity index (χ3n) is 3.24. The summed E-state index contributed by atoms with van der Waals surface area (Å²) >= 11 is 1.72. The number of benzene rings is 1. The van der Waals surface area contributed by atoms with Gasteiger partial charge >= 0.3 is 0 Å². The molecule has 0 aliphatic heterocycles. The topological polar surface area (TPSA) is 26.0 Å². The second-order valence-corrected chi connectivity index (χ2v) is 6.17. The number of nitrogen functional groups attached to an aromatic ring is 1. The monoisotopic (exact) mass is 283 g/mol. The Morgan fingerprint density at radius 3 is 2.26 bits per heavy atom. The van der Waals surface area contributed by atoms with Gasteiger partial charge in [0.2, 0.25) is 0 Å². The Morgan fingerprint density at radius 2 is 1.63 bits per heavy atom. The van der Waals surface area contributed by atoms with Gasteiger partial charge in [-0.2, -0.15) is 0 Å². The number of anilines is 1. The Morgan fingerprint density at radius 1 is 1.00 bits per heavy atom. The lowest BCUT2D eigenvalue weighted by molar-refractivity contribution is 0.586. The summed E-state index contributed by atoms with van der Waals surface area (Å²) in [5.41, 5.74) is 5.68. The van der Waals surface area contributed by atoms with E-state index in [1.165, 1.54) is 57.4 Å². The first-order valence-electron chi connectivity index (χ1n) is 7.42. The van der Waals surface area contributed by atoms with Crippen molar-refractivity contribution in [3.05, 3.63) is 24.0 Å². The van der Waals surface area contributed by atoms with Crippen molar-refractivity contribution in [2.24, 2.45) is 0 Å². The molecule has 0 saturated heterocycles. The molecule has 0 aliphatic rings. The molecule has 0 amide bonds. The molecule has 0 aliphatic carbocycles. The van der Waals surface area contributed by atoms with E-state index in [4.69, 9.17) is 5.73 Å². The SMILES string of the molecule is CCCCCCCCCCSc1ccc(N)c(F)c1. The Bertz CT molecular complexity index is 355. The van der Waals surface area contributed by atoms with Crippen LogP contribution in [0.15, 0.2) is 23.1 Å². The molecule has 19 heavy (non-hydrogen) atoms. The van der Waals surface area contributed by atoms with Gasteiger partial charge in [0.05, 0.1) is 5.69 Å². The number of thioether (sulfide) groups is 1. The van der Waals surface area contributed by atoms with Crippen molar-refractivity contribution in [1.82, 2.24) is 0 Å². The highest BCUT2D eigenvalue weighted by molar-refractivity contribution is 7.99. The molecule has 0 bridgehead atoms. The quantitative estimate of drug-likeness (QED) is 0.341. The molecule has 3 heteroatoms. The lowest BCUT2D eigenvalue weighted by Crippen LogP contribution is -1.90. The van der Waals surface area contributed by atoms with Crippen molar-refractivity contribution < 1.29 is 4.39 Å².